The van der Waals surface area contributed by atoms with Crippen molar-refractivity contribution in [3.05, 3.63) is 277 Å². The van der Waals surface area contributed by atoms with E-state index in [9.17, 15) is 0 Å². The van der Waals surface area contributed by atoms with E-state index in [1.807, 2.05) is 0 Å². The summed E-state index contributed by atoms with van der Waals surface area (Å²) in [5.74, 6) is 0. The Kier molecular flexibility index (Phi) is 13.4. The summed E-state index contributed by atoms with van der Waals surface area (Å²) < 4.78 is 18.5. The number of anilines is 12. The minimum absolute atomic E-state index is 0.319. The van der Waals surface area contributed by atoms with E-state index in [4.69, 9.17) is 4.10 Å². The van der Waals surface area contributed by atoms with E-state index in [1.54, 1.807) is 0 Å². The van der Waals surface area contributed by atoms with Gasteiger partial charge in [0.05, 0.1) is 1.28 Å². The summed E-state index contributed by atoms with van der Waals surface area (Å²) in [5.41, 5.74) is 20.8. The fourth-order valence-corrected chi connectivity index (χ4v) is 9.12. The molecule has 5 nitrogen and oxygen atoms in total. The van der Waals surface area contributed by atoms with Gasteiger partial charge in [0.25, 0.3) is 0 Å². The van der Waals surface area contributed by atoms with E-state index in [2.05, 4.69) is 302 Å². The van der Waals surface area contributed by atoms with Gasteiger partial charge in [0.15, 0.2) is 0 Å². The molecule has 0 saturated carbocycles. The fourth-order valence-electron chi connectivity index (χ4n) is 9.12. The lowest BCUT2D eigenvalue weighted by molar-refractivity contribution is 1.24. The van der Waals surface area contributed by atoms with E-state index in [-0.39, 0.29) is 0 Å². The van der Waals surface area contributed by atoms with Crippen molar-refractivity contribution in [2.75, 3.05) is 19.6 Å². The highest BCUT2D eigenvalue weighted by molar-refractivity contribution is 7.13. The summed E-state index contributed by atoms with van der Waals surface area (Å²) in [6, 6.07) is 91.6. The van der Waals surface area contributed by atoms with Crippen molar-refractivity contribution in [1.29, 1.82) is 1.28 Å². The van der Waals surface area contributed by atoms with Crippen LogP contribution in [0.2, 0.25) is 2.82 Å². The van der Waals surface area contributed by atoms with Gasteiger partial charge in [-0.2, -0.15) is 0 Å². The van der Waals surface area contributed by atoms with Gasteiger partial charge in [-0.25, -0.2) is 0 Å². The third-order valence-electron chi connectivity index (χ3n) is 12.4. The van der Waals surface area contributed by atoms with Gasteiger partial charge >= 0.3 is 0 Å². The van der Waals surface area contributed by atoms with E-state index in [0.717, 1.165) is 79.4 Å². The van der Waals surface area contributed by atoms with Crippen LogP contribution < -0.4 is 25.1 Å². The van der Waals surface area contributed by atoms with E-state index < -0.39 is 9.34 Å². The summed E-state index contributed by atoms with van der Waals surface area (Å²) in [5, 5.41) is 0. The van der Waals surface area contributed by atoms with Crippen LogP contribution in [-0.2, 0) is 0 Å². The molecule has 10 aromatic rings. The molecule has 10 aromatic carbocycles. The molecule has 0 aliphatic carbocycles. The Hall–Kier alpha value is -8.21. The predicted octanol–water partition coefficient (Wildman–Crippen LogP) is 18.2. The highest BCUT2D eigenvalue weighted by Gasteiger charge is 2.19. The van der Waals surface area contributed by atoms with Crippen LogP contribution in [0.4, 0.5) is 68.2 Å². The highest BCUT2D eigenvalue weighted by Crippen LogP contribution is 2.42. The number of rotatable bonds is 14. The molecule has 0 heterocycles. The van der Waals surface area contributed by atoms with Crippen LogP contribution in [0.1, 0.15) is 22.3 Å². The monoisotopic (exact) mass is 931 g/mol. The number of aryl methyl sites for hydroxylation is 4. The standard InChI is InChI=1S/C64H54N4.H4NP/c1-47-15-11-23-61(43-47)67(62-24-12-16-48(2)44-62)59-39-35-57(36-40-59)65(53-19-7-5-8-20-53)55-31-27-51(28-32-55)52-29-33-56(34-30-52)66(54-21-9-6-10-22-54)58-37-41-60(42-38-58)68(63-25-13-17-49(3)45-63)64-26-14-18-50(4)46-64;1-2/h5-46H,1-4H3;1-2H2/i;2D/hTD. The van der Waals surface area contributed by atoms with E-state index >= 15 is 0 Å². The van der Waals surface area contributed by atoms with Crippen LogP contribution in [-0.4, -0.2) is 1.28 Å². The van der Waals surface area contributed by atoms with Crippen molar-refractivity contribution < 1.29 is 2.82 Å². The van der Waals surface area contributed by atoms with E-state index in [0.29, 0.717) is 5.49 Å². The lowest BCUT2D eigenvalue weighted by Gasteiger charge is -2.29. The smallest absolute Gasteiger partial charge is 0.123 e. The topological polar surface area (TPSA) is 39.0 Å². The summed E-state index contributed by atoms with van der Waals surface area (Å²) in [6.45, 7) is 8.58. The van der Waals surface area contributed by atoms with Crippen LogP contribution in [0.5, 0.6) is 0 Å². The van der Waals surface area contributed by atoms with Crippen molar-refractivity contribution in [2.45, 2.75) is 27.7 Å². The van der Waals surface area contributed by atoms with Gasteiger partial charge in [-0.1, -0.05) is 119 Å². The first-order valence-corrected chi connectivity index (χ1v) is 24.0. The molecule has 0 aliphatic rings. The van der Waals surface area contributed by atoms with Crippen LogP contribution in [0.25, 0.3) is 11.1 Å². The molecule has 0 aromatic heterocycles. The molecule has 0 spiro atoms. The Morgan fingerprint density at radius 3 is 0.729 bits per heavy atom. The van der Waals surface area contributed by atoms with Crippen molar-refractivity contribution in [3.63, 3.8) is 0 Å². The zero-order chi connectivity index (χ0) is 50.7. The first-order valence-electron chi connectivity index (χ1n) is 24.9. The summed E-state index contributed by atoms with van der Waals surface area (Å²) >= 11 is 0. The van der Waals surface area contributed by atoms with Crippen LogP contribution in [0.3, 0.4) is 0 Å². The number of para-hydroxylation sites is 2. The molecule has 0 radical (unpaired) electrons. The van der Waals surface area contributed by atoms with Gasteiger partial charge in [0.1, 0.15) is 2.82 Å². The van der Waals surface area contributed by atoms with Gasteiger partial charge in [-0.15, -0.1) is 0 Å². The summed E-state index contributed by atoms with van der Waals surface area (Å²) in [4.78, 5) is 9.31. The molecule has 10 rings (SSSR count). The lowest BCUT2D eigenvalue weighted by Crippen LogP contribution is -2.12. The minimum atomic E-state index is -0.469. The summed E-state index contributed by atoms with van der Waals surface area (Å²) in [7, 11) is -0.469. The Bertz CT molecular complexity index is 3040. The highest BCUT2D eigenvalue weighted by atomic mass is 31.0. The van der Waals surface area contributed by atoms with Gasteiger partial charge in [-0.3, -0.25) is 0 Å². The Balaban J connectivity index is 0.00000125. The SMILES string of the molecule is Cc1cccc(N(c2ccc(N(c3ccccc3)c3ccc(-c4ccc(N(c5ccccc5)c5ccc(N(c6cccc(C)c6)c6cccc(C)c6)cc5)cc4)cc3)cc2)c2cccc(C)c2)c1.[2H]PN([2H])[3H]. The molecule has 0 saturated heterocycles. The third kappa shape index (κ3) is 10.6. The fraction of sp³-hybridized carbons (Fsp3) is 0.0625. The first kappa shape index (κ1) is 43.1. The largest absolute Gasteiger partial charge is 0.314 e. The van der Waals surface area contributed by atoms with Crippen LogP contribution >= 0.6 is 9.34 Å². The minimum Gasteiger partial charge on any atom is -0.314 e. The van der Waals surface area contributed by atoms with Gasteiger partial charge in [-0.05, 0) is 207 Å². The van der Waals surface area contributed by atoms with Crippen molar-refractivity contribution in [1.82, 2.24) is 0 Å². The first-order chi connectivity index (χ1) is 35.6. The van der Waals surface area contributed by atoms with E-state index in [1.165, 1.54) is 22.3 Å². The average Bonchev–Trinajstić information content (AvgIpc) is 3.41. The lowest BCUT2D eigenvalue weighted by atomic mass is 10.0. The number of hydrogen-bond acceptors (Lipinski definition) is 5. The predicted molar refractivity (Wildman–Crippen MR) is 303 cm³/mol. The number of nitrogens with two attached hydrogens (primary N) is 1. The summed E-state index contributed by atoms with van der Waals surface area (Å²) in [6.07, 6.45) is 0. The Labute approximate surface area is 420 Å². The molecule has 0 bridgehead atoms. The third-order valence-corrected chi connectivity index (χ3v) is 12.4. The second kappa shape index (κ2) is 21.8. The molecule has 2 N–H and O–H groups in total. The molecule has 6 heteroatoms. The molecule has 70 heavy (non-hydrogen) atoms. The molecule has 1 unspecified atom stereocenters. The van der Waals surface area contributed by atoms with Crippen LogP contribution in [0, 0.1) is 27.7 Å². The maximum atomic E-state index is 6.24. The number of nitrogens with zero attached hydrogens (tertiary/aromatic N) is 4. The molecule has 0 fully saturated rings. The van der Waals surface area contributed by atoms with Gasteiger partial charge in [0.2, 0.25) is 0 Å². The molecule has 1 atom stereocenters. The molecular formula is C64H58N5P. The van der Waals surface area contributed by atoms with Crippen molar-refractivity contribution >= 4 is 77.6 Å². The Morgan fingerprint density at radius 1 is 0.300 bits per heavy atom. The molecular weight excluding hydrogens is 870 g/mol. The average molecular weight is 932 g/mol. The second-order valence-electron chi connectivity index (χ2n) is 17.5. The quantitative estimate of drug-likeness (QED) is 0.110. The zero-order valence-corrected chi connectivity index (χ0v) is 41.0. The maximum Gasteiger partial charge on any atom is 0.123 e. The van der Waals surface area contributed by atoms with Gasteiger partial charge in [0, 0.05) is 68.2 Å². The normalized spacial score (nSPS) is 11.5. The number of benzene rings is 10. The number of hydrogen-bond donors (Lipinski definition) is 1. The molecule has 344 valence electrons. The van der Waals surface area contributed by atoms with Crippen LogP contribution in [0.15, 0.2) is 255 Å². The maximum absolute atomic E-state index is 6.24. The molecule has 0 aliphatic heterocycles. The second-order valence-corrected chi connectivity index (χ2v) is 17.5. The van der Waals surface area contributed by atoms with Crippen molar-refractivity contribution in [2.24, 2.45) is 5.49 Å². The zero-order valence-electron chi connectivity index (χ0n) is 43.0. The van der Waals surface area contributed by atoms with Crippen molar-refractivity contribution in [3.8, 4) is 11.1 Å². The van der Waals surface area contributed by atoms with Gasteiger partial charge < -0.3 is 25.1 Å². The Morgan fingerprint density at radius 2 is 0.500 bits per heavy atom. The molecule has 0 amide bonds.